The highest BCUT2D eigenvalue weighted by atomic mass is 32.2. The van der Waals surface area contributed by atoms with Gasteiger partial charge in [-0.2, -0.15) is 0 Å². The van der Waals surface area contributed by atoms with E-state index in [1.807, 2.05) is 6.92 Å². The molecule has 0 radical (unpaired) electrons. The summed E-state index contributed by atoms with van der Waals surface area (Å²) in [6, 6.07) is 12.4. The summed E-state index contributed by atoms with van der Waals surface area (Å²) in [7, 11) is -3.85. The molecule has 2 amide bonds. The third-order valence-electron chi connectivity index (χ3n) is 5.55. The summed E-state index contributed by atoms with van der Waals surface area (Å²) in [6.07, 6.45) is -0.349. The summed E-state index contributed by atoms with van der Waals surface area (Å²) in [4.78, 5) is 29.3. The first-order chi connectivity index (χ1) is 14.8. The molecule has 1 fully saturated rings. The van der Waals surface area contributed by atoms with Crippen LogP contribution in [0, 0.1) is 6.92 Å². The van der Waals surface area contributed by atoms with E-state index in [1.165, 1.54) is 17.0 Å². The number of nitrogens with zero attached hydrogens (tertiary/aromatic N) is 1. The molecule has 2 atom stereocenters. The number of hydrogen-bond acceptors (Lipinski definition) is 7. The third kappa shape index (κ3) is 3.24. The molecule has 0 unspecified atom stereocenters. The van der Waals surface area contributed by atoms with E-state index in [1.54, 1.807) is 36.4 Å². The SMILES string of the molecule is Cc1ccc(S(=O)(=O)NNC2=C3OC[C@@H](O3)[C@@H](N3C(=O)c4ccccc4C3=O)C2)cc1. The molecule has 2 N–H and O–H groups in total. The highest BCUT2D eigenvalue weighted by Crippen LogP contribution is 2.36. The van der Waals surface area contributed by atoms with Crippen LogP contribution in [0.2, 0.25) is 0 Å². The van der Waals surface area contributed by atoms with Crippen molar-refractivity contribution in [2.45, 2.75) is 30.4 Å². The van der Waals surface area contributed by atoms with Crippen molar-refractivity contribution in [3.8, 4) is 0 Å². The monoisotopic (exact) mass is 441 g/mol. The lowest BCUT2D eigenvalue weighted by Gasteiger charge is -2.32. The second kappa shape index (κ2) is 7.10. The van der Waals surface area contributed by atoms with Gasteiger partial charge in [-0.15, -0.1) is 4.83 Å². The second-order valence-corrected chi connectivity index (χ2v) is 9.26. The van der Waals surface area contributed by atoms with Crippen LogP contribution in [0.1, 0.15) is 32.7 Å². The number of ether oxygens (including phenoxy) is 2. The van der Waals surface area contributed by atoms with Gasteiger partial charge < -0.3 is 14.9 Å². The van der Waals surface area contributed by atoms with Gasteiger partial charge in [-0.1, -0.05) is 29.8 Å². The molecule has 2 aromatic carbocycles. The summed E-state index contributed by atoms with van der Waals surface area (Å²) in [6.45, 7) is 2.02. The lowest BCUT2D eigenvalue weighted by atomic mass is 10.0. The normalized spacial score (nSPS) is 22.3. The van der Waals surface area contributed by atoms with Crippen LogP contribution in [0.15, 0.2) is 65.1 Å². The summed E-state index contributed by atoms with van der Waals surface area (Å²) >= 11 is 0. The van der Waals surface area contributed by atoms with Crippen LogP contribution in [-0.4, -0.2) is 43.9 Å². The second-order valence-electron chi connectivity index (χ2n) is 7.57. The molecule has 0 aromatic heterocycles. The van der Waals surface area contributed by atoms with Crippen LogP contribution >= 0.6 is 0 Å². The average Bonchev–Trinajstić information content (AvgIpc) is 3.29. The van der Waals surface area contributed by atoms with Crippen LogP contribution in [0.3, 0.4) is 0 Å². The number of sulfonamides is 1. The van der Waals surface area contributed by atoms with E-state index in [0.717, 1.165) is 5.56 Å². The highest BCUT2D eigenvalue weighted by Gasteiger charge is 2.49. The van der Waals surface area contributed by atoms with Crippen LogP contribution in [0.25, 0.3) is 0 Å². The Balaban J connectivity index is 1.36. The highest BCUT2D eigenvalue weighted by molar-refractivity contribution is 7.89. The molecule has 5 rings (SSSR count). The van der Waals surface area contributed by atoms with Gasteiger partial charge in [0, 0.05) is 6.42 Å². The zero-order chi connectivity index (χ0) is 21.8. The molecule has 10 heteroatoms. The first-order valence-electron chi connectivity index (χ1n) is 9.69. The standard InChI is InChI=1S/C21H19N3O6S/c1-12-6-8-13(9-7-12)31(27,28)23-22-16-10-17(18-11-29-21(16)30-18)24-19(25)14-4-2-3-5-15(14)20(24)26/h2-9,17-18,22-23H,10-11H2,1H3/t17-,18+/m0/s1. The lowest BCUT2D eigenvalue weighted by Crippen LogP contribution is -2.51. The Bertz CT molecular complexity index is 1190. The van der Waals surface area contributed by atoms with Crippen molar-refractivity contribution >= 4 is 21.8 Å². The van der Waals surface area contributed by atoms with Gasteiger partial charge in [0.25, 0.3) is 21.8 Å². The number of imide groups is 1. The van der Waals surface area contributed by atoms with Crippen LogP contribution in [-0.2, 0) is 19.5 Å². The number of carbonyl (C=O) groups is 2. The van der Waals surface area contributed by atoms with Crippen molar-refractivity contribution in [1.82, 2.24) is 15.2 Å². The van der Waals surface area contributed by atoms with Crippen LogP contribution in [0.4, 0.5) is 0 Å². The predicted molar refractivity (Wildman–Crippen MR) is 108 cm³/mol. The fraction of sp³-hybridized carbons (Fsp3) is 0.238. The molecule has 0 spiro atoms. The van der Waals surface area contributed by atoms with Crippen LogP contribution in [0.5, 0.6) is 0 Å². The number of hydrazine groups is 1. The van der Waals surface area contributed by atoms with Gasteiger partial charge in [-0.05, 0) is 31.2 Å². The quantitative estimate of drug-likeness (QED) is 0.533. The number of hydrogen-bond donors (Lipinski definition) is 2. The molecule has 0 saturated carbocycles. The molecule has 2 bridgehead atoms. The molecule has 3 heterocycles. The molecule has 1 saturated heterocycles. The fourth-order valence-corrected chi connectivity index (χ4v) is 4.78. The topological polar surface area (TPSA) is 114 Å². The molecular weight excluding hydrogens is 422 g/mol. The molecule has 9 nitrogen and oxygen atoms in total. The van der Waals surface area contributed by atoms with E-state index in [9.17, 15) is 18.0 Å². The first-order valence-corrected chi connectivity index (χ1v) is 11.2. The smallest absolute Gasteiger partial charge is 0.301 e. The van der Waals surface area contributed by atoms with Crippen molar-refractivity contribution in [2.75, 3.05) is 6.61 Å². The van der Waals surface area contributed by atoms with E-state index in [4.69, 9.17) is 9.47 Å². The predicted octanol–water partition coefficient (Wildman–Crippen LogP) is 1.43. The number of carbonyl (C=O) groups excluding carboxylic acids is 2. The molecule has 2 aromatic rings. The molecule has 3 aliphatic heterocycles. The summed E-state index contributed by atoms with van der Waals surface area (Å²) in [5.74, 6) is -0.641. The maximum absolute atomic E-state index is 12.9. The Kier molecular flexibility index (Phi) is 4.49. The van der Waals surface area contributed by atoms with E-state index in [-0.39, 0.29) is 23.9 Å². The number of amides is 2. The molecule has 31 heavy (non-hydrogen) atoms. The number of aryl methyl sites for hydroxylation is 1. The number of benzene rings is 2. The van der Waals surface area contributed by atoms with E-state index < -0.39 is 34.0 Å². The first kappa shape index (κ1) is 19.6. The van der Waals surface area contributed by atoms with E-state index in [2.05, 4.69) is 10.3 Å². The Hall–Kier alpha value is -3.37. The van der Waals surface area contributed by atoms with Gasteiger partial charge in [-0.3, -0.25) is 14.5 Å². The minimum Gasteiger partial charge on any atom is -0.460 e. The Morgan fingerprint density at radius 1 is 1.00 bits per heavy atom. The largest absolute Gasteiger partial charge is 0.460 e. The Morgan fingerprint density at radius 2 is 1.65 bits per heavy atom. The van der Waals surface area contributed by atoms with Crippen molar-refractivity contribution in [3.63, 3.8) is 0 Å². The molecule has 3 aliphatic rings. The summed E-state index contributed by atoms with van der Waals surface area (Å²) in [5.41, 5.74) is 4.58. The van der Waals surface area contributed by atoms with Gasteiger partial charge in [0.2, 0.25) is 0 Å². The zero-order valence-corrected chi connectivity index (χ0v) is 17.3. The number of nitrogens with one attached hydrogen (secondary N) is 2. The molecular formula is C21H19N3O6S. The van der Waals surface area contributed by atoms with Crippen molar-refractivity contribution < 1.29 is 27.5 Å². The maximum Gasteiger partial charge on any atom is 0.301 e. The van der Waals surface area contributed by atoms with Gasteiger partial charge in [0.05, 0.1) is 22.1 Å². The maximum atomic E-state index is 12.9. The van der Waals surface area contributed by atoms with E-state index in [0.29, 0.717) is 16.8 Å². The van der Waals surface area contributed by atoms with Crippen LogP contribution < -0.4 is 10.3 Å². The van der Waals surface area contributed by atoms with Crippen molar-refractivity contribution in [2.24, 2.45) is 0 Å². The minimum absolute atomic E-state index is 0.0926. The molecule has 160 valence electrons. The van der Waals surface area contributed by atoms with Gasteiger partial charge in [0.15, 0.2) is 6.10 Å². The average molecular weight is 441 g/mol. The summed E-state index contributed by atoms with van der Waals surface area (Å²) < 4.78 is 36.4. The van der Waals surface area contributed by atoms with Crippen molar-refractivity contribution in [1.29, 1.82) is 0 Å². The Morgan fingerprint density at radius 3 is 2.29 bits per heavy atom. The third-order valence-corrected chi connectivity index (χ3v) is 6.81. The fourth-order valence-electron chi connectivity index (χ4n) is 3.91. The van der Waals surface area contributed by atoms with Crippen molar-refractivity contribution in [3.05, 3.63) is 76.9 Å². The zero-order valence-electron chi connectivity index (χ0n) is 16.5. The summed E-state index contributed by atoms with van der Waals surface area (Å²) in [5, 5.41) is 0. The number of rotatable bonds is 5. The van der Waals surface area contributed by atoms with Gasteiger partial charge in [-0.25, -0.2) is 8.42 Å². The van der Waals surface area contributed by atoms with Gasteiger partial charge in [0.1, 0.15) is 12.3 Å². The number of fused-ring (bicyclic) bond motifs is 3. The van der Waals surface area contributed by atoms with E-state index >= 15 is 0 Å². The lowest BCUT2D eigenvalue weighted by molar-refractivity contribution is 0.0270. The van der Waals surface area contributed by atoms with Gasteiger partial charge >= 0.3 is 5.95 Å². The minimum atomic E-state index is -3.85. The Labute approximate surface area is 178 Å². The molecule has 0 aliphatic carbocycles.